The Bertz CT molecular complexity index is 213. The van der Waals surface area contributed by atoms with E-state index in [-0.39, 0.29) is 5.97 Å². The number of hydrogen-bond donors (Lipinski definition) is 0. The van der Waals surface area contributed by atoms with Crippen molar-refractivity contribution in [2.45, 2.75) is 40.0 Å². The molecule has 0 spiro atoms. The molecule has 0 rings (SSSR count). The normalized spacial score (nSPS) is 14.2. The van der Waals surface area contributed by atoms with Crippen molar-refractivity contribution in [1.82, 2.24) is 0 Å². The van der Waals surface area contributed by atoms with Gasteiger partial charge in [0.05, 0.1) is 12.0 Å². The molecule has 0 heterocycles. The minimum absolute atomic E-state index is 0.218. The Kier molecular flexibility index (Phi) is 7.90. The lowest BCUT2D eigenvalue weighted by Crippen LogP contribution is -2.29. The molecule has 0 saturated heterocycles. The molecule has 0 radical (unpaired) electrons. The van der Waals surface area contributed by atoms with Gasteiger partial charge in [0.15, 0.2) is 0 Å². The third-order valence-corrected chi connectivity index (χ3v) is 2.60. The highest BCUT2D eigenvalue weighted by molar-refractivity contribution is 5.78. The molecule has 16 heavy (non-hydrogen) atoms. The van der Waals surface area contributed by atoms with Crippen LogP contribution in [-0.2, 0) is 14.3 Å². The first-order valence-electron chi connectivity index (χ1n) is 5.99. The summed E-state index contributed by atoms with van der Waals surface area (Å²) in [7, 11) is 0. The molecule has 0 aliphatic rings. The van der Waals surface area contributed by atoms with Crippen molar-refractivity contribution >= 4 is 5.97 Å². The molecule has 3 heteroatoms. The first kappa shape index (κ1) is 15.2. The maximum atomic E-state index is 11.7. The van der Waals surface area contributed by atoms with Gasteiger partial charge in [-0.2, -0.15) is 0 Å². The quantitative estimate of drug-likeness (QED) is 0.346. The molecule has 0 amide bonds. The van der Waals surface area contributed by atoms with Gasteiger partial charge in [-0.05, 0) is 26.7 Å². The zero-order chi connectivity index (χ0) is 12.4. The number of esters is 1. The molecule has 0 fully saturated rings. The minimum atomic E-state index is -0.623. The molecule has 0 aliphatic carbocycles. The Morgan fingerprint density at radius 3 is 2.56 bits per heavy atom. The van der Waals surface area contributed by atoms with E-state index in [9.17, 15) is 4.79 Å². The Morgan fingerprint density at radius 1 is 1.38 bits per heavy atom. The molecule has 1 atom stereocenters. The first-order chi connectivity index (χ1) is 7.60. The van der Waals surface area contributed by atoms with Crippen molar-refractivity contribution in [3.8, 4) is 0 Å². The fourth-order valence-corrected chi connectivity index (χ4v) is 1.22. The molecule has 94 valence electrons. The van der Waals surface area contributed by atoms with Crippen LogP contribution in [0.4, 0.5) is 0 Å². The van der Waals surface area contributed by atoms with Gasteiger partial charge in [0.25, 0.3) is 0 Å². The van der Waals surface area contributed by atoms with E-state index < -0.39 is 5.41 Å². The number of rotatable bonds is 9. The predicted molar refractivity (Wildman–Crippen MR) is 65.3 cm³/mol. The second kappa shape index (κ2) is 8.34. The highest BCUT2D eigenvalue weighted by Crippen LogP contribution is 2.24. The second-order valence-corrected chi connectivity index (χ2v) is 4.06. The molecule has 0 aromatic carbocycles. The number of ether oxygens (including phenoxy) is 2. The van der Waals surface area contributed by atoms with E-state index in [1.807, 2.05) is 6.92 Å². The van der Waals surface area contributed by atoms with Crippen LogP contribution >= 0.6 is 0 Å². The number of unbranched alkanes of at least 4 members (excludes halogenated alkanes) is 1. The average molecular weight is 228 g/mol. The summed E-state index contributed by atoms with van der Waals surface area (Å²) in [5.74, 6) is -0.218. The maximum Gasteiger partial charge on any atom is 0.315 e. The Labute approximate surface area is 98.8 Å². The molecular formula is C13H24O3. The summed E-state index contributed by atoms with van der Waals surface area (Å²) in [6.45, 7) is 11.2. The summed E-state index contributed by atoms with van der Waals surface area (Å²) in [6, 6.07) is 0. The summed E-state index contributed by atoms with van der Waals surface area (Å²) >= 11 is 0. The van der Waals surface area contributed by atoms with E-state index in [1.165, 1.54) is 0 Å². The van der Waals surface area contributed by atoms with E-state index >= 15 is 0 Å². The van der Waals surface area contributed by atoms with E-state index in [1.54, 1.807) is 13.0 Å². The number of hydrogen-bond acceptors (Lipinski definition) is 3. The molecule has 0 aromatic heterocycles. The number of carbonyl (C=O) groups excluding carboxylic acids is 1. The van der Waals surface area contributed by atoms with Gasteiger partial charge in [-0.15, -0.1) is 6.58 Å². The van der Waals surface area contributed by atoms with Crippen LogP contribution in [0, 0.1) is 5.41 Å². The lowest BCUT2D eigenvalue weighted by atomic mass is 9.87. The van der Waals surface area contributed by atoms with E-state index in [0.717, 1.165) is 19.4 Å². The van der Waals surface area contributed by atoms with Gasteiger partial charge < -0.3 is 9.47 Å². The molecule has 0 aromatic rings. The van der Waals surface area contributed by atoms with Crippen LogP contribution in [0.5, 0.6) is 0 Å². The van der Waals surface area contributed by atoms with Crippen LogP contribution in [0.15, 0.2) is 12.7 Å². The van der Waals surface area contributed by atoms with Gasteiger partial charge >= 0.3 is 5.97 Å². The van der Waals surface area contributed by atoms with E-state index in [2.05, 4.69) is 13.5 Å². The van der Waals surface area contributed by atoms with E-state index in [0.29, 0.717) is 19.6 Å². The number of carbonyl (C=O) groups is 1. The summed E-state index contributed by atoms with van der Waals surface area (Å²) in [4.78, 5) is 11.7. The SMILES string of the molecule is C=CC(C)(CCOCCCC)C(=O)OCC. The second-order valence-electron chi connectivity index (χ2n) is 4.06. The Morgan fingerprint density at radius 2 is 2.06 bits per heavy atom. The monoisotopic (exact) mass is 228 g/mol. The van der Waals surface area contributed by atoms with Crippen LogP contribution in [0.25, 0.3) is 0 Å². The van der Waals surface area contributed by atoms with Crippen LogP contribution in [0.3, 0.4) is 0 Å². The van der Waals surface area contributed by atoms with Gasteiger partial charge in [-0.3, -0.25) is 4.79 Å². The van der Waals surface area contributed by atoms with Crippen LogP contribution < -0.4 is 0 Å². The summed E-state index contributed by atoms with van der Waals surface area (Å²) in [5.41, 5.74) is -0.623. The minimum Gasteiger partial charge on any atom is -0.465 e. The highest BCUT2D eigenvalue weighted by atomic mass is 16.5. The molecule has 0 saturated carbocycles. The lowest BCUT2D eigenvalue weighted by Gasteiger charge is -2.23. The third kappa shape index (κ3) is 5.31. The van der Waals surface area contributed by atoms with Crippen molar-refractivity contribution < 1.29 is 14.3 Å². The largest absolute Gasteiger partial charge is 0.465 e. The van der Waals surface area contributed by atoms with Crippen LogP contribution in [0.1, 0.15) is 40.0 Å². The maximum absolute atomic E-state index is 11.7. The predicted octanol–water partition coefficient (Wildman–Crippen LogP) is 2.95. The molecule has 0 N–H and O–H groups in total. The van der Waals surface area contributed by atoms with Gasteiger partial charge in [-0.1, -0.05) is 19.4 Å². The first-order valence-corrected chi connectivity index (χ1v) is 5.99. The van der Waals surface area contributed by atoms with Gasteiger partial charge in [-0.25, -0.2) is 0 Å². The van der Waals surface area contributed by atoms with Crippen molar-refractivity contribution in [1.29, 1.82) is 0 Å². The van der Waals surface area contributed by atoms with Crippen molar-refractivity contribution in [2.75, 3.05) is 19.8 Å². The fourth-order valence-electron chi connectivity index (χ4n) is 1.22. The van der Waals surface area contributed by atoms with Gasteiger partial charge in [0, 0.05) is 13.2 Å². The Hall–Kier alpha value is -0.830. The zero-order valence-electron chi connectivity index (χ0n) is 10.8. The van der Waals surface area contributed by atoms with E-state index in [4.69, 9.17) is 9.47 Å². The highest BCUT2D eigenvalue weighted by Gasteiger charge is 2.30. The summed E-state index contributed by atoms with van der Waals surface area (Å²) < 4.78 is 10.5. The topological polar surface area (TPSA) is 35.5 Å². The van der Waals surface area contributed by atoms with Gasteiger partial charge in [0.1, 0.15) is 0 Å². The summed E-state index contributed by atoms with van der Waals surface area (Å²) in [5, 5.41) is 0. The van der Waals surface area contributed by atoms with Crippen LogP contribution in [-0.4, -0.2) is 25.8 Å². The standard InChI is InChI=1S/C13H24O3/c1-5-8-10-15-11-9-13(4,6-2)12(14)16-7-3/h6H,2,5,7-11H2,1,3-4H3. The third-order valence-electron chi connectivity index (χ3n) is 2.60. The molecule has 0 aliphatic heterocycles. The molecule has 1 unspecified atom stereocenters. The molecule has 0 bridgehead atoms. The fraction of sp³-hybridized carbons (Fsp3) is 0.769. The lowest BCUT2D eigenvalue weighted by molar-refractivity contribution is -0.152. The van der Waals surface area contributed by atoms with Crippen LogP contribution in [0.2, 0.25) is 0 Å². The van der Waals surface area contributed by atoms with Crippen molar-refractivity contribution in [2.24, 2.45) is 5.41 Å². The summed E-state index contributed by atoms with van der Waals surface area (Å²) in [6.07, 6.45) is 4.45. The van der Waals surface area contributed by atoms with Crippen molar-refractivity contribution in [3.05, 3.63) is 12.7 Å². The van der Waals surface area contributed by atoms with Crippen molar-refractivity contribution in [3.63, 3.8) is 0 Å². The smallest absolute Gasteiger partial charge is 0.315 e. The molecule has 3 nitrogen and oxygen atoms in total. The zero-order valence-corrected chi connectivity index (χ0v) is 10.8. The van der Waals surface area contributed by atoms with Gasteiger partial charge in [0.2, 0.25) is 0 Å². The average Bonchev–Trinajstić information content (AvgIpc) is 2.28. The molecular weight excluding hydrogens is 204 g/mol. The Balaban J connectivity index is 3.96.